The maximum atomic E-state index is 12.2. The van der Waals surface area contributed by atoms with Gasteiger partial charge in [-0.2, -0.15) is 0 Å². The highest BCUT2D eigenvalue weighted by atomic mass is 35.5. The van der Waals surface area contributed by atoms with Crippen molar-refractivity contribution in [2.75, 3.05) is 0 Å². The standard InChI is InChI=1S/C12H12Cl2N2O2/c1-7(17)2-3-16-6-15-11-9(12(16)18)4-8(13)5-10(11)14/h4-7,17H,2-3H2,1H3/t7-/m0/s1. The molecule has 6 heteroatoms. The molecule has 0 unspecified atom stereocenters. The van der Waals surface area contributed by atoms with Crippen LogP contribution in [-0.2, 0) is 6.54 Å². The lowest BCUT2D eigenvalue weighted by Gasteiger charge is -2.08. The van der Waals surface area contributed by atoms with Crippen molar-refractivity contribution < 1.29 is 5.11 Å². The summed E-state index contributed by atoms with van der Waals surface area (Å²) in [7, 11) is 0. The molecule has 0 bridgehead atoms. The van der Waals surface area contributed by atoms with Gasteiger partial charge in [-0.25, -0.2) is 4.98 Å². The Morgan fingerprint density at radius 2 is 2.17 bits per heavy atom. The van der Waals surface area contributed by atoms with Crippen LogP contribution in [0.5, 0.6) is 0 Å². The van der Waals surface area contributed by atoms with Crippen LogP contribution in [0, 0.1) is 0 Å². The Kier molecular flexibility index (Phi) is 3.90. The molecule has 2 aromatic rings. The summed E-state index contributed by atoms with van der Waals surface area (Å²) in [5.74, 6) is 0. The van der Waals surface area contributed by atoms with Gasteiger partial charge < -0.3 is 5.11 Å². The van der Waals surface area contributed by atoms with Crippen LogP contribution in [-0.4, -0.2) is 20.8 Å². The first-order chi connectivity index (χ1) is 8.49. The van der Waals surface area contributed by atoms with Gasteiger partial charge in [0.1, 0.15) is 0 Å². The normalized spacial score (nSPS) is 12.9. The monoisotopic (exact) mass is 286 g/mol. The molecule has 96 valence electrons. The van der Waals surface area contributed by atoms with E-state index in [1.165, 1.54) is 10.9 Å². The van der Waals surface area contributed by atoms with E-state index in [9.17, 15) is 9.90 Å². The van der Waals surface area contributed by atoms with Crippen LogP contribution in [0.15, 0.2) is 23.3 Å². The van der Waals surface area contributed by atoms with E-state index in [1.807, 2.05) is 0 Å². The third-order valence-corrected chi connectivity index (χ3v) is 3.14. The molecule has 0 saturated carbocycles. The molecule has 2 rings (SSSR count). The molecule has 0 aliphatic carbocycles. The zero-order valence-corrected chi connectivity index (χ0v) is 11.2. The number of benzene rings is 1. The summed E-state index contributed by atoms with van der Waals surface area (Å²) in [6.45, 7) is 2.08. The third kappa shape index (κ3) is 2.66. The number of hydrogen-bond donors (Lipinski definition) is 1. The van der Waals surface area contributed by atoms with Crippen LogP contribution in [0.4, 0.5) is 0 Å². The van der Waals surface area contributed by atoms with E-state index in [2.05, 4.69) is 4.98 Å². The molecule has 1 heterocycles. The number of aromatic nitrogens is 2. The summed E-state index contributed by atoms with van der Waals surface area (Å²) in [5, 5.41) is 10.4. The maximum Gasteiger partial charge on any atom is 0.261 e. The molecule has 0 aliphatic rings. The van der Waals surface area contributed by atoms with Gasteiger partial charge in [-0.1, -0.05) is 23.2 Å². The first kappa shape index (κ1) is 13.3. The number of aryl methyl sites for hydroxylation is 1. The van der Waals surface area contributed by atoms with Crippen molar-refractivity contribution in [3.8, 4) is 0 Å². The second-order valence-electron chi connectivity index (χ2n) is 4.16. The smallest absolute Gasteiger partial charge is 0.261 e. The Morgan fingerprint density at radius 3 is 2.83 bits per heavy atom. The summed E-state index contributed by atoms with van der Waals surface area (Å²) in [6, 6.07) is 3.11. The highest BCUT2D eigenvalue weighted by molar-refractivity contribution is 6.38. The van der Waals surface area contributed by atoms with E-state index in [0.717, 1.165) is 0 Å². The lowest BCUT2D eigenvalue weighted by atomic mass is 10.2. The SMILES string of the molecule is C[C@H](O)CCn1cnc2c(Cl)cc(Cl)cc2c1=O. The van der Waals surface area contributed by atoms with E-state index >= 15 is 0 Å². The molecular weight excluding hydrogens is 275 g/mol. The van der Waals surface area contributed by atoms with E-state index in [-0.39, 0.29) is 5.56 Å². The van der Waals surface area contributed by atoms with Crippen molar-refractivity contribution in [3.63, 3.8) is 0 Å². The number of nitrogens with zero attached hydrogens (tertiary/aromatic N) is 2. The van der Waals surface area contributed by atoms with Gasteiger partial charge in [0.2, 0.25) is 0 Å². The number of fused-ring (bicyclic) bond motifs is 1. The summed E-state index contributed by atoms with van der Waals surface area (Å²) < 4.78 is 1.45. The van der Waals surface area contributed by atoms with Gasteiger partial charge in [0, 0.05) is 11.6 Å². The molecule has 0 radical (unpaired) electrons. The van der Waals surface area contributed by atoms with Crippen molar-refractivity contribution in [3.05, 3.63) is 38.9 Å². The van der Waals surface area contributed by atoms with E-state index in [0.29, 0.717) is 33.9 Å². The highest BCUT2D eigenvalue weighted by Gasteiger charge is 2.09. The van der Waals surface area contributed by atoms with Gasteiger partial charge in [0.05, 0.1) is 28.4 Å². The third-order valence-electron chi connectivity index (χ3n) is 2.63. The number of aliphatic hydroxyl groups is 1. The van der Waals surface area contributed by atoms with Crippen molar-refractivity contribution in [2.24, 2.45) is 0 Å². The number of hydrogen-bond acceptors (Lipinski definition) is 3. The second-order valence-corrected chi connectivity index (χ2v) is 5.01. The number of aliphatic hydroxyl groups excluding tert-OH is 1. The molecule has 0 spiro atoms. The molecule has 1 aromatic heterocycles. The fourth-order valence-electron chi connectivity index (χ4n) is 1.68. The molecule has 1 aromatic carbocycles. The van der Waals surface area contributed by atoms with Gasteiger partial charge in [0.25, 0.3) is 5.56 Å². The van der Waals surface area contributed by atoms with Crippen molar-refractivity contribution in [1.29, 1.82) is 0 Å². The number of halogens is 2. The van der Waals surface area contributed by atoms with Crippen LogP contribution in [0.2, 0.25) is 10.0 Å². The van der Waals surface area contributed by atoms with Crippen LogP contribution >= 0.6 is 23.2 Å². The molecule has 4 nitrogen and oxygen atoms in total. The fourth-order valence-corrected chi connectivity index (χ4v) is 2.22. The zero-order valence-electron chi connectivity index (χ0n) is 9.73. The van der Waals surface area contributed by atoms with Gasteiger partial charge in [-0.3, -0.25) is 9.36 Å². The fraction of sp³-hybridized carbons (Fsp3) is 0.333. The molecule has 0 aliphatic heterocycles. The molecule has 0 saturated heterocycles. The summed E-state index contributed by atoms with van der Waals surface area (Å²) >= 11 is 11.9. The van der Waals surface area contributed by atoms with Gasteiger partial charge in [-0.05, 0) is 25.5 Å². The zero-order chi connectivity index (χ0) is 13.3. The Balaban J connectivity index is 2.53. The van der Waals surface area contributed by atoms with Gasteiger partial charge >= 0.3 is 0 Å². The molecule has 18 heavy (non-hydrogen) atoms. The lowest BCUT2D eigenvalue weighted by Crippen LogP contribution is -2.22. The summed E-state index contributed by atoms with van der Waals surface area (Å²) in [4.78, 5) is 16.3. The van der Waals surface area contributed by atoms with Crippen LogP contribution < -0.4 is 5.56 Å². The Labute approximate surface area is 114 Å². The largest absolute Gasteiger partial charge is 0.393 e. The molecule has 0 amide bonds. The summed E-state index contributed by atoms with van der Waals surface area (Å²) in [5.41, 5.74) is 0.240. The van der Waals surface area contributed by atoms with Crippen molar-refractivity contribution in [2.45, 2.75) is 26.0 Å². The van der Waals surface area contributed by atoms with Gasteiger partial charge in [0.15, 0.2) is 0 Å². The first-order valence-electron chi connectivity index (χ1n) is 5.51. The predicted molar refractivity (Wildman–Crippen MR) is 72.3 cm³/mol. The Hall–Kier alpha value is -1.10. The maximum absolute atomic E-state index is 12.2. The molecule has 1 atom stereocenters. The van der Waals surface area contributed by atoms with Crippen molar-refractivity contribution in [1.82, 2.24) is 9.55 Å². The van der Waals surface area contributed by atoms with Gasteiger partial charge in [-0.15, -0.1) is 0 Å². The van der Waals surface area contributed by atoms with E-state index in [4.69, 9.17) is 23.2 Å². The van der Waals surface area contributed by atoms with E-state index in [1.54, 1.807) is 19.1 Å². The van der Waals surface area contributed by atoms with Crippen LogP contribution in [0.3, 0.4) is 0 Å². The minimum Gasteiger partial charge on any atom is -0.393 e. The lowest BCUT2D eigenvalue weighted by molar-refractivity contribution is 0.177. The van der Waals surface area contributed by atoms with Crippen LogP contribution in [0.25, 0.3) is 10.9 Å². The van der Waals surface area contributed by atoms with Crippen molar-refractivity contribution >= 4 is 34.1 Å². The summed E-state index contributed by atoms with van der Waals surface area (Å²) in [6.07, 6.45) is 1.46. The quantitative estimate of drug-likeness (QED) is 0.943. The Bertz CT molecular complexity index is 638. The topological polar surface area (TPSA) is 55.1 Å². The number of rotatable bonds is 3. The second kappa shape index (κ2) is 5.26. The van der Waals surface area contributed by atoms with Crippen LogP contribution in [0.1, 0.15) is 13.3 Å². The minimum absolute atomic E-state index is 0.204. The first-order valence-corrected chi connectivity index (χ1v) is 6.27. The molecule has 0 fully saturated rings. The molecule has 1 N–H and O–H groups in total. The molecular formula is C12H12Cl2N2O2. The minimum atomic E-state index is -0.462. The average molecular weight is 287 g/mol. The predicted octanol–water partition coefficient (Wildman–Crippen LogP) is 2.47. The highest BCUT2D eigenvalue weighted by Crippen LogP contribution is 2.23. The van der Waals surface area contributed by atoms with E-state index < -0.39 is 6.10 Å². The Morgan fingerprint density at radius 1 is 1.44 bits per heavy atom. The average Bonchev–Trinajstić information content (AvgIpc) is 2.29.